The first kappa shape index (κ1) is 59.1. The Morgan fingerprint density at radius 1 is 0.339 bits per heavy atom. The van der Waals surface area contributed by atoms with Gasteiger partial charge in [0.2, 0.25) is 0 Å². The Hall–Kier alpha value is -2.89. The van der Waals surface area contributed by atoms with Crippen LogP contribution in [-0.4, -0.2) is 37.2 Å². The Bertz CT molecular complexity index is 1130. The summed E-state index contributed by atoms with van der Waals surface area (Å²) < 4.78 is 16.7. The summed E-state index contributed by atoms with van der Waals surface area (Å²) in [4.78, 5) is 37.9. The normalized spacial score (nSPS) is 12.5. The second-order valence-corrected chi connectivity index (χ2v) is 17.5. The fraction of sp³-hybridized carbons (Fsp3) is 0.768. The number of hydrogen-bond acceptors (Lipinski definition) is 6. The van der Waals surface area contributed by atoms with Crippen LogP contribution in [0.2, 0.25) is 0 Å². The molecule has 0 spiro atoms. The number of unbranched alkanes of at least 4 members (excludes halogenated alkanes) is 27. The van der Waals surface area contributed by atoms with Crippen LogP contribution in [0, 0.1) is 0 Å². The van der Waals surface area contributed by atoms with Crippen LogP contribution in [0.1, 0.15) is 258 Å². The molecule has 62 heavy (non-hydrogen) atoms. The Morgan fingerprint density at radius 2 is 0.645 bits per heavy atom. The first-order valence-corrected chi connectivity index (χ1v) is 26.3. The number of rotatable bonds is 47. The lowest BCUT2D eigenvalue weighted by Crippen LogP contribution is -2.30. The molecule has 0 aliphatic carbocycles. The van der Waals surface area contributed by atoms with Crippen molar-refractivity contribution >= 4 is 17.9 Å². The fourth-order valence-electron chi connectivity index (χ4n) is 7.23. The Balaban J connectivity index is 4.37. The van der Waals surface area contributed by atoms with E-state index < -0.39 is 6.10 Å². The molecule has 0 aromatic heterocycles. The van der Waals surface area contributed by atoms with Gasteiger partial charge in [-0.05, 0) is 96.3 Å². The van der Waals surface area contributed by atoms with Gasteiger partial charge in [0.1, 0.15) is 13.2 Å². The molecule has 0 amide bonds. The van der Waals surface area contributed by atoms with Gasteiger partial charge >= 0.3 is 17.9 Å². The highest BCUT2D eigenvalue weighted by atomic mass is 16.6. The van der Waals surface area contributed by atoms with Crippen molar-refractivity contribution < 1.29 is 28.6 Å². The van der Waals surface area contributed by atoms with Gasteiger partial charge in [0.15, 0.2) is 6.10 Å². The van der Waals surface area contributed by atoms with E-state index in [1.807, 2.05) is 0 Å². The molecular formula is C56H98O6. The largest absolute Gasteiger partial charge is 0.462 e. The molecule has 1 unspecified atom stereocenters. The summed E-state index contributed by atoms with van der Waals surface area (Å²) in [6.07, 6.45) is 62.1. The van der Waals surface area contributed by atoms with Gasteiger partial charge in [-0.2, -0.15) is 0 Å². The number of hydrogen-bond donors (Lipinski definition) is 0. The van der Waals surface area contributed by atoms with Crippen molar-refractivity contribution in [1.82, 2.24) is 0 Å². The second kappa shape index (κ2) is 50.8. The highest BCUT2D eigenvalue weighted by Gasteiger charge is 2.19. The minimum absolute atomic E-state index is 0.0939. The van der Waals surface area contributed by atoms with Crippen LogP contribution in [0.3, 0.4) is 0 Å². The van der Waals surface area contributed by atoms with Crippen LogP contribution < -0.4 is 0 Å². The van der Waals surface area contributed by atoms with Gasteiger partial charge in [-0.25, -0.2) is 0 Å². The summed E-state index contributed by atoms with van der Waals surface area (Å²) in [7, 11) is 0. The Kier molecular flexibility index (Phi) is 48.4. The van der Waals surface area contributed by atoms with E-state index in [4.69, 9.17) is 14.2 Å². The summed E-state index contributed by atoms with van der Waals surface area (Å²) in [5, 5.41) is 0. The lowest BCUT2D eigenvalue weighted by Gasteiger charge is -2.18. The molecule has 0 saturated carbocycles. The molecule has 0 N–H and O–H groups in total. The van der Waals surface area contributed by atoms with E-state index in [0.29, 0.717) is 25.7 Å². The van der Waals surface area contributed by atoms with E-state index in [1.54, 1.807) is 0 Å². The molecule has 0 bridgehead atoms. The van der Waals surface area contributed by atoms with Crippen molar-refractivity contribution in [3.8, 4) is 0 Å². The van der Waals surface area contributed by atoms with Crippen molar-refractivity contribution in [3.05, 3.63) is 60.8 Å². The highest BCUT2D eigenvalue weighted by Crippen LogP contribution is 2.14. The highest BCUT2D eigenvalue weighted by molar-refractivity contribution is 5.71. The standard InChI is InChI=1S/C56H98O6/c1-4-7-10-13-16-19-21-23-25-27-29-30-32-34-37-40-43-46-49-55(58)61-52-53(51-60-54(57)48-45-42-39-36-18-15-12-9-6-3)62-56(59)50-47-44-41-38-35-33-31-28-26-24-22-20-17-14-11-8-5-2/h17,20,24-27,29-30,36,39,53H,4-16,18-19,21-23,28,31-35,37-38,40-52H2,1-3H3/b20-17-,26-24-,27-25-,30-29-,39-36-. The van der Waals surface area contributed by atoms with Gasteiger partial charge in [0, 0.05) is 19.3 Å². The van der Waals surface area contributed by atoms with Gasteiger partial charge in [-0.3, -0.25) is 14.4 Å². The van der Waals surface area contributed by atoms with Crippen molar-refractivity contribution in [3.63, 3.8) is 0 Å². The Morgan fingerprint density at radius 3 is 1.11 bits per heavy atom. The van der Waals surface area contributed by atoms with Crippen LogP contribution >= 0.6 is 0 Å². The minimum atomic E-state index is -0.794. The maximum absolute atomic E-state index is 12.8. The van der Waals surface area contributed by atoms with Crippen LogP contribution in [0.5, 0.6) is 0 Å². The molecule has 0 aromatic carbocycles. The van der Waals surface area contributed by atoms with Crippen LogP contribution in [0.4, 0.5) is 0 Å². The third kappa shape index (κ3) is 48.1. The third-order valence-corrected chi connectivity index (χ3v) is 11.2. The van der Waals surface area contributed by atoms with Crippen LogP contribution in [0.25, 0.3) is 0 Å². The predicted octanol–water partition coefficient (Wildman–Crippen LogP) is 17.3. The monoisotopic (exact) mass is 867 g/mol. The summed E-state index contributed by atoms with van der Waals surface area (Å²) in [5.74, 6) is -0.949. The molecule has 0 rings (SSSR count). The van der Waals surface area contributed by atoms with E-state index in [0.717, 1.165) is 83.5 Å². The molecule has 0 fully saturated rings. The van der Waals surface area contributed by atoms with Crippen molar-refractivity contribution in [1.29, 1.82) is 0 Å². The maximum Gasteiger partial charge on any atom is 0.306 e. The molecule has 0 heterocycles. The molecular weight excluding hydrogens is 769 g/mol. The summed E-state index contributed by atoms with van der Waals surface area (Å²) in [5.41, 5.74) is 0. The summed E-state index contributed by atoms with van der Waals surface area (Å²) in [6.45, 7) is 6.53. The number of ether oxygens (including phenoxy) is 3. The van der Waals surface area contributed by atoms with Crippen LogP contribution in [0.15, 0.2) is 60.8 Å². The average Bonchev–Trinajstić information content (AvgIpc) is 3.27. The SMILES string of the molecule is CCCCC/C=C\C/C=C\CCCCCCCCCC(=O)OC(COC(=O)CCC/C=C\CCCCCC)COC(=O)CCCCCCC/C=C\C=C/CCCCCCCCC. The summed E-state index contributed by atoms with van der Waals surface area (Å²) >= 11 is 0. The molecule has 6 nitrogen and oxygen atoms in total. The van der Waals surface area contributed by atoms with E-state index >= 15 is 0 Å². The molecule has 0 radical (unpaired) electrons. The lowest BCUT2D eigenvalue weighted by atomic mass is 10.1. The minimum Gasteiger partial charge on any atom is -0.462 e. The van der Waals surface area contributed by atoms with Gasteiger partial charge in [0.25, 0.3) is 0 Å². The van der Waals surface area contributed by atoms with Crippen molar-refractivity contribution in [2.45, 2.75) is 264 Å². The van der Waals surface area contributed by atoms with Gasteiger partial charge in [0.05, 0.1) is 0 Å². The molecule has 0 aromatic rings. The molecule has 0 aliphatic rings. The predicted molar refractivity (Wildman–Crippen MR) is 265 cm³/mol. The first-order valence-electron chi connectivity index (χ1n) is 26.3. The fourth-order valence-corrected chi connectivity index (χ4v) is 7.23. The average molecular weight is 867 g/mol. The van der Waals surface area contributed by atoms with Gasteiger partial charge in [-0.1, -0.05) is 204 Å². The van der Waals surface area contributed by atoms with E-state index in [-0.39, 0.29) is 31.1 Å². The number of allylic oxidation sites excluding steroid dienone is 10. The molecule has 358 valence electrons. The molecule has 0 saturated heterocycles. The Labute approximate surface area is 383 Å². The maximum atomic E-state index is 12.8. The van der Waals surface area contributed by atoms with E-state index in [9.17, 15) is 14.4 Å². The molecule has 6 heteroatoms. The zero-order valence-electron chi connectivity index (χ0n) is 40.9. The van der Waals surface area contributed by atoms with Crippen LogP contribution in [-0.2, 0) is 28.6 Å². The zero-order valence-corrected chi connectivity index (χ0v) is 40.9. The van der Waals surface area contributed by atoms with Gasteiger partial charge < -0.3 is 14.2 Å². The smallest absolute Gasteiger partial charge is 0.306 e. The molecule has 0 aliphatic heterocycles. The second-order valence-electron chi connectivity index (χ2n) is 17.5. The number of carbonyl (C=O) groups excluding carboxylic acids is 3. The number of carbonyl (C=O) groups is 3. The first-order chi connectivity index (χ1) is 30.5. The lowest BCUT2D eigenvalue weighted by molar-refractivity contribution is -0.167. The van der Waals surface area contributed by atoms with E-state index in [2.05, 4.69) is 81.5 Å². The zero-order chi connectivity index (χ0) is 45.1. The van der Waals surface area contributed by atoms with Gasteiger partial charge in [-0.15, -0.1) is 0 Å². The van der Waals surface area contributed by atoms with Crippen molar-refractivity contribution in [2.24, 2.45) is 0 Å². The quantitative estimate of drug-likeness (QED) is 0.0199. The topological polar surface area (TPSA) is 78.9 Å². The number of esters is 3. The van der Waals surface area contributed by atoms with Crippen molar-refractivity contribution in [2.75, 3.05) is 13.2 Å². The molecule has 1 atom stereocenters. The third-order valence-electron chi connectivity index (χ3n) is 11.2. The summed E-state index contributed by atoms with van der Waals surface area (Å²) in [6, 6.07) is 0. The van der Waals surface area contributed by atoms with E-state index in [1.165, 1.54) is 128 Å².